The highest BCUT2D eigenvalue weighted by atomic mass is 35.5. The molecule has 2 aromatic heterocycles. The quantitative estimate of drug-likeness (QED) is 0.602. The van der Waals surface area contributed by atoms with Crippen molar-refractivity contribution in [1.29, 1.82) is 0 Å². The molecule has 0 bridgehead atoms. The molecule has 1 amide bonds. The largest absolute Gasteiger partial charge is 0.471 e. The summed E-state index contributed by atoms with van der Waals surface area (Å²) in [5, 5.41) is 12.2. The van der Waals surface area contributed by atoms with Gasteiger partial charge in [-0.2, -0.15) is 10.2 Å². The maximum Gasteiger partial charge on any atom is 0.271 e. The summed E-state index contributed by atoms with van der Waals surface area (Å²) in [4.78, 5) is 12.2. The Morgan fingerprint density at radius 1 is 1.19 bits per heavy atom. The molecule has 3 rings (SSSR count). The summed E-state index contributed by atoms with van der Waals surface area (Å²) in [5.41, 5.74) is 2.12. The first kappa shape index (κ1) is 19.0. The van der Waals surface area contributed by atoms with Gasteiger partial charge >= 0.3 is 0 Å². The van der Waals surface area contributed by atoms with Gasteiger partial charge in [-0.1, -0.05) is 29.8 Å². The Balaban J connectivity index is 1.43. The minimum atomic E-state index is -0.208. The van der Waals surface area contributed by atoms with E-state index in [0.717, 1.165) is 23.6 Å². The van der Waals surface area contributed by atoms with Gasteiger partial charge in [0.15, 0.2) is 6.73 Å². The van der Waals surface area contributed by atoms with E-state index in [1.54, 1.807) is 16.9 Å². The monoisotopic (exact) mass is 387 g/mol. The number of para-hydroxylation sites is 1. The van der Waals surface area contributed by atoms with E-state index in [0.29, 0.717) is 23.8 Å². The number of rotatable bonds is 8. The fourth-order valence-electron chi connectivity index (χ4n) is 2.63. The maximum absolute atomic E-state index is 12.2. The first-order valence-corrected chi connectivity index (χ1v) is 9.11. The molecule has 0 spiro atoms. The van der Waals surface area contributed by atoms with E-state index in [1.165, 1.54) is 0 Å². The van der Waals surface area contributed by atoms with Crippen molar-refractivity contribution < 1.29 is 9.53 Å². The van der Waals surface area contributed by atoms with Gasteiger partial charge in [-0.05, 0) is 38.5 Å². The summed E-state index contributed by atoms with van der Waals surface area (Å²) >= 11 is 6.13. The van der Waals surface area contributed by atoms with Gasteiger partial charge in [0.25, 0.3) is 5.91 Å². The zero-order valence-corrected chi connectivity index (χ0v) is 16.1. The summed E-state index contributed by atoms with van der Waals surface area (Å²) in [7, 11) is 0. The highest BCUT2D eigenvalue weighted by Crippen LogP contribution is 2.18. The molecular weight excluding hydrogens is 366 g/mol. The lowest BCUT2D eigenvalue weighted by Crippen LogP contribution is -2.26. The number of aryl methyl sites for hydroxylation is 2. The lowest BCUT2D eigenvalue weighted by atomic mass is 10.3. The van der Waals surface area contributed by atoms with Crippen LogP contribution in [-0.2, 0) is 13.3 Å². The first-order valence-electron chi connectivity index (χ1n) is 8.73. The molecule has 0 fully saturated rings. The molecule has 1 aromatic carbocycles. The van der Waals surface area contributed by atoms with Crippen LogP contribution in [0.5, 0.6) is 5.75 Å². The second-order valence-electron chi connectivity index (χ2n) is 6.14. The van der Waals surface area contributed by atoms with Crippen LogP contribution < -0.4 is 10.1 Å². The third-order valence-corrected chi connectivity index (χ3v) is 4.65. The Morgan fingerprint density at radius 3 is 2.67 bits per heavy atom. The van der Waals surface area contributed by atoms with Crippen molar-refractivity contribution in [2.75, 3.05) is 6.54 Å². The van der Waals surface area contributed by atoms with Gasteiger partial charge in [0.2, 0.25) is 0 Å². The number of ether oxygens (including phenoxy) is 1. The SMILES string of the molecule is Cc1nn(CCCNC(=O)c2ccn(COc3ccccc3)n2)c(C)c1Cl. The van der Waals surface area contributed by atoms with Gasteiger partial charge in [0.1, 0.15) is 11.4 Å². The average Bonchev–Trinajstić information content (AvgIpc) is 3.25. The molecule has 3 aromatic rings. The van der Waals surface area contributed by atoms with Crippen molar-refractivity contribution in [2.24, 2.45) is 0 Å². The van der Waals surface area contributed by atoms with Crippen molar-refractivity contribution in [3.63, 3.8) is 0 Å². The van der Waals surface area contributed by atoms with Crippen LogP contribution >= 0.6 is 11.6 Å². The zero-order chi connectivity index (χ0) is 19.2. The maximum atomic E-state index is 12.2. The van der Waals surface area contributed by atoms with Crippen molar-refractivity contribution in [2.45, 2.75) is 33.5 Å². The van der Waals surface area contributed by atoms with Gasteiger partial charge in [-0.15, -0.1) is 0 Å². The van der Waals surface area contributed by atoms with E-state index < -0.39 is 0 Å². The van der Waals surface area contributed by atoms with Crippen LogP contribution in [0.3, 0.4) is 0 Å². The molecule has 0 aliphatic carbocycles. The Morgan fingerprint density at radius 2 is 1.96 bits per heavy atom. The topological polar surface area (TPSA) is 74.0 Å². The Bertz CT molecular complexity index is 904. The van der Waals surface area contributed by atoms with Crippen LogP contribution in [0.15, 0.2) is 42.6 Å². The first-order chi connectivity index (χ1) is 13.0. The van der Waals surface area contributed by atoms with Crippen molar-refractivity contribution in [3.8, 4) is 5.75 Å². The molecule has 2 heterocycles. The van der Waals surface area contributed by atoms with E-state index in [1.807, 2.05) is 48.9 Å². The van der Waals surface area contributed by atoms with Crippen LogP contribution in [0, 0.1) is 13.8 Å². The van der Waals surface area contributed by atoms with Crippen molar-refractivity contribution in [1.82, 2.24) is 24.9 Å². The third-order valence-electron chi connectivity index (χ3n) is 4.11. The molecule has 7 nitrogen and oxygen atoms in total. The number of nitrogens with zero attached hydrogens (tertiary/aromatic N) is 4. The van der Waals surface area contributed by atoms with Crippen LogP contribution in [-0.4, -0.2) is 32.0 Å². The van der Waals surface area contributed by atoms with Crippen LogP contribution in [0.4, 0.5) is 0 Å². The molecule has 27 heavy (non-hydrogen) atoms. The van der Waals surface area contributed by atoms with E-state index in [4.69, 9.17) is 16.3 Å². The predicted octanol–water partition coefficient (Wildman–Crippen LogP) is 3.21. The molecular formula is C19H22ClN5O2. The van der Waals surface area contributed by atoms with Gasteiger partial charge in [0, 0.05) is 19.3 Å². The summed E-state index contributed by atoms with van der Waals surface area (Å²) in [5.74, 6) is 0.545. The molecule has 0 saturated heterocycles. The highest BCUT2D eigenvalue weighted by Gasteiger charge is 2.11. The van der Waals surface area contributed by atoms with Crippen molar-refractivity contribution >= 4 is 17.5 Å². The number of carbonyl (C=O) groups excluding carboxylic acids is 1. The second-order valence-corrected chi connectivity index (χ2v) is 6.52. The smallest absolute Gasteiger partial charge is 0.271 e. The minimum absolute atomic E-state index is 0.208. The van der Waals surface area contributed by atoms with Gasteiger partial charge in [-0.3, -0.25) is 9.48 Å². The minimum Gasteiger partial charge on any atom is -0.471 e. The normalized spacial score (nSPS) is 10.8. The Kier molecular flexibility index (Phi) is 6.13. The lowest BCUT2D eigenvalue weighted by molar-refractivity contribution is 0.0945. The summed E-state index contributed by atoms with van der Waals surface area (Å²) in [6.45, 7) is 5.29. The van der Waals surface area contributed by atoms with E-state index in [-0.39, 0.29) is 12.6 Å². The number of halogens is 1. The fourth-order valence-corrected chi connectivity index (χ4v) is 2.76. The molecule has 0 radical (unpaired) electrons. The molecule has 8 heteroatoms. The van der Waals surface area contributed by atoms with Gasteiger partial charge < -0.3 is 10.1 Å². The van der Waals surface area contributed by atoms with Crippen molar-refractivity contribution in [3.05, 3.63) is 64.7 Å². The predicted molar refractivity (Wildman–Crippen MR) is 103 cm³/mol. The lowest BCUT2D eigenvalue weighted by Gasteiger charge is -2.06. The molecule has 0 aliphatic rings. The molecule has 0 unspecified atom stereocenters. The fraction of sp³-hybridized carbons (Fsp3) is 0.316. The molecule has 0 saturated carbocycles. The third kappa shape index (κ3) is 4.89. The molecule has 1 N–H and O–H groups in total. The number of aromatic nitrogens is 4. The summed E-state index contributed by atoms with van der Waals surface area (Å²) < 4.78 is 9.05. The number of carbonyl (C=O) groups is 1. The van der Waals surface area contributed by atoms with Crippen LogP contribution in [0.2, 0.25) is 5.02 Å². The molecule has 142 valence electrons. The number of benzene rings is 1. The van der Waals surface area contributed by atoms with E-state index in [9.17, 15) is 4.79 Å². The number of amides is 1. The van der Waals surface area contributed by atoms with Gasteiger partial charge in [0.05, 0.1) is 16.4 Å². The Hall–Kier alpha value is -2.80. The van der Waals surface area contributed by atoms with E-state index >= 15 is 0 Å². The standard InChI is InChI=1S/C19H22ClN5O2/c1-14-18(20)15(2)25(22-14)11-6-10-21-19(26)17-9-12-24(23-17)13-27-16-7-4-3-5-8-16/h3-5,7-9,12H,6,10-11,13H2,1-2H3,(H,21,26). The number of nitrogens with one attached hydrogen (secondary N) is 1. The van der Waals surface area contributed by atoms with E-state index in [2.05, 4.69) is 15.5 Å². The number of hydrogen-bond acceptors (Lipinski definition) is 4. The Labute approximate surface area is 162 Å². The highest BCUT2D eigenvalue weighted by molar-refractivity contribution is 6.31. The zero-order valence-electron chi connectivity index (χ0n) is 15.4. The van der Waals surface area contributed by atoms with Crippen LogP contribution in [0.1, 0.15) is 28.3 Å². The molecule has 0 aliphatic heterocycles. The molecule has 0 atom stereocenters. The van der Waals surface area contributed by atoms with Crippen LogP contribution in [0.25, 0.3) is 0 Å². The average molecular weight is 388 g/mol. The second kappa shape index (κ2) is 8.73. The summed E-state index contributed by atoms with van der Waals surface area (Å²) in [6.07, 6.45) is 2.47. The summed E-state index contributed by atoms with van der Waals surface area (Å²) in [6, 6.07) is 11.1. The van der Waals surface area contributed by atoms with Gasteiger partial charge in [-0.25, -0.2) is 4.68 Å². The number of hydrogen-bond donors (Lipinski definition) is 1.